The maximum absolute atomic E-state index is 12.5. The summed E-state index contributed by atoms with van der Waals surface area (Å²) >= 11 is 5.00. The second kappa shape index (κ2) is 7.57. The van der Waals surface area contributed by atoms with Crippen molar-refractivity contribution in [3.63, 3.8) is 0 Å². The molecule has 8 nitrogen and oxygen atoms in total. The summed E-state index contributed by atoms with van der Waals surface area (Å²) in [5.41, 5.74) is 1.20. The first-order valence-corrected chi connectivity index (χ1v) is 8.57. The molecular formula is C19H15N3O5S. The fraction of sp³-hybridized carbons (Fsp3) is 0.105. The number of carbonyl (C=O) groups is 2. The molecule has 1 fully saturated rings. The van der Waals surface area contributed by atoms with Gasteiger partial charge in [-0.25, -0.2) is 0 Å². The zero-order chi connectivity index (χ0) is 20.4. The monoisotopic (exact) mass is 397 g/mol. The maximum atomic E-state index is 12.5. The van der Waals surface area contributed by atoms with Crippen LogP contribution in [0.25, 0.3) is 17.4 Å². The van der Waals surface area contributed by atoms with Crippen molar-refractivity contribution in [3.05, 3.63) is 70.0 Å². The van der Waals surface area contributed by atoms with Gasteiger partial charge in [0.1, 0.15) is 17.1 Å². The van der Waals surface area contributed by atoms with E-state index in [0.29, 0.717) is 16.9 Å². The molecular weight excluding hydrogens is 382 g/mol. The third-order valence-corrected chi connectivity index (χ3v) is 4.42. The van der Waals surface area contributed by atoms with E-state index in [0.717, 1.165) is 0 Å². The summed E-state index contributed by atoms with van der Waals surface area (Å²) in [6, 6.07) is 7.69. The van der Waals surface area contributed by atoms with Crippen LogP contribution in [-0.4, -0.2) is 33.3 Å². The van der Waals surface area contributed by atoms with Crippen LogP contribution in [0, 0.1) is 17.0 Å². The Bertz CT molecular complexity index is 1050. The first kappa shape index (κ1) is 19.2. The fourth-order valence-corrected chi connectivity index (χ4v) is 2.99. The van der Waals surface area contributed by atoms with Gasteiger partial charge in [-0.2, -0.15) is 0 Å². The number of nitrogens with zero attached hydrogens (tertiary/aromatic N) is 2. The normalized spacial score (nSPS) is 15.7. The van der Waals surface area contributed by atoms with Gasteiger partial charge >= 0.3 is 0 Å². The fourth-order valence-electron chi connectivity index (χ4n) is 2.74. The predicted molar refractivity (Wildman–Crippen MR) is 106 cm³/mol. The molecule has 0 unspecified atom stereocenters. The van der Waals surface area contributed by atoms with E-state index in [1.807, 2.05) is 0 Å². The molecule has 2 aromatic rings. The van der Waals surface area contributed by atoms with E-state index in [2.05, 4.69) is 11.9 Å². The zero-order valence-corrected chi connectivity index (χ0v) is 15.6. The smallest absolute Gasteiger partial charge is 0.269 e. The third kappa shape index (κ3) is 3.60. The Hall–Kier alpha value is -3.59. The van der Waals surface area contributed by atoms with Gasteiger partial charge in [0.2, 0.25) is 0 Å². The molecule has 1 N–H and O–H groups in total. The molecule has 9 heteroatoms. The van der Waals surface area contributed by atoms with Crippen molar-refractivity contribution in [1.29, 1.82) is 0 Å². The molecule has 1 aliphatic heterocycles. The molecule has 1 aliphatic rings. The lowest BCUT2D eigenvalue weighted by molar-refractivity contribution is -0.384. The van der Waals surface area contributed by atoms with Crippen LogP contribution in [0.2, 0.25) is 0 Å². The number of rotatable bonds is 5. The van der Waals surface area contributed by atoms with Gasteiger partial charge in [-0.05, 0) is 49.0 Å². The number of nitro benzene ring substituents is 1. The highest BCUT2D eigenvalue weighted by Gasteiger charge is 2.32. The van der Waals surface area contributed by atoms with Gasteiger partial charge < -0.3 is 4.42 Å². The number of amides is 2. The quantitative estimate of drug-likeness (QED) is 0.208. The van der Waals surface area contributed by atoms with Crippen LogP contribution in [0.3, 0.4) is 0 Å². The highest BCUT2D eigenvalue weighted by atomic mass is 32.1. The molecule has 2 amide bonds. The molecule has 0 aliphatic carbocycles. The van der Waals surface area contributed by atoms with E-state index < -0.39 is 16.7 Å². The summed E-state index contributed by atoms with van der Waals surface area (Å²) in [6.45, 7) is 5.47. The van der Waals surface area contributed by atoms with Crippen LogP contribution in [0.1, 0.15) is 11.3 Å². The SMILES string of the molecule is C=CCN1C(=O)/C(=C/c2ccc(-c3ccc([N+](=O)[O-])cc3C)o2)C(=O)NC1=S. The number of thiocarbonyl (C=S) groups is 1. The predicted octanol–water partition coefficient (Wildman–Crippen LogP) is 2.98. The van der Waals surface area contributed by atoms with Gasteiger partial charge in [-0.1, -0.05) is 6.08 Å². The van der Waals surface area contributed by atoms with E-state index in [1.165, 1.54) is 29.2 Å². The lowest BCUT2D eigenvalue weighted by atomic mass is 10.1. The van der Waals surface area contributed by atoms with Crippen LogP contribution in [0.4, 0.5) is 5.69 Å². The molecule has 1 saturated heterocycles. The Morgan fingerprint density at radius 2 is 2.07 bits per heavy atom. The molecule has 0 radical (unpaired) electrons. The van der Waals surface area contributed by atoms with Crippen molar-refractivity contribution in [2.45, 2.75) is 6.92 Å². The first-order valence-electron chi connectivity index (χ1n) is 8.17. The largest absolute Gasteiger partial charge is 0.457 e. The highest BCUT2D eigenvalue weighted by Crippen LogP contribution is 2.29. The average Bonchev–Trinajstić information content (AvgIpc) is 3.10. The van der Waals surface area contributed by atoms with Crippen molar-refractivity contribution in [2.24, 2.45) is 0 Å². The number of nitrogens with one attached hydrogen (secondary N) is 1. The summed E-state index contributed by atoms with van der Waals surface area (Å²) in [6.07, 6.45) is 2.83. The topological polar surface area (TPSA) is 106 Å². The Kier molecular flexibility index (Phi) is 5.18. The minimum Gasteiger partial charge on any atom is -0.457 e. The number of carbonyl (C=O) groups excluding carboxylic acids is 2. The van der Waals surface area contributed by atoms with E-state index in [4.69, 9.17) is 16.6 Å². The molecule has 0 saturated carbocycles. The van der Waals surface area contributed by atoms with Gasteiger partial charge in [0, 0.05) is 24.2 Å². The van der Waals surface area contributed by atoms with Crippen LogP contribution < -0.4 is 5.32 Å². The number of hydrogen-bond donors (Lipinski definition) is 1. The molecule has 28 heavy (non-hydrogen) atoms. The van der Waals surface area contributed by atoms with Gasteiger partial charge in [-0.3, -0.25) is 29.9 Å². The molecule has 1 aromatic carbocycles. The number of benzene rings is 1. The zero-order valence-electron chi connectivity index (χ0n) is 14.8. The molecule has 2 heterocycles. The average molecular weight is 397 g/mol. The van der Waals surface area contributed by atoms with Crippen LogP contribution in [0.15, 0.2) is 53.0 Å². The Morgan fingerprint density at radius 1 is 1.32 bits per heavy atom. The van der Waals surface area contributed by atoms with E-state index in [9.17, 15) is 19.7 Å². The molecule has 0 bridgehead atoms. The first-order chi connectivity index (χ1) is 13.3. The lowest BCUT2D eigenvalue weighted by Gasteiger charge is -2.27. The second-order valence-corrected chi connectivity index (χ2v) is 6.37. The van der Waals surface area contributed by atoms with Crippen molar-refractivity contribution in [1.82, 2.24) is 10.2 Å². The molecule has 0 atom stereocenters. The van der Waals surface area contributed by atoms with E-state index in [1.54, 1.807) is 25.1 Å². The minimum atomic E-state index is -0.611. The van der Waals surface area contributed by atoms with Gasteiger partial charge in [0.15, 0.2) is 5.11 Å². The number of aryl methyl sites for hydroxylation is 1. The summed E-state index contributed by atoms with van der Waals surface area (Å²) in [5.74, 6) is -0.406. The Labute approximate surface area is 165 Å². The molecule has 0 spiro atoms. The minimum absolute atomic E-state index is 0.0158. The van der Waals surface area contributed by atoms with Crippen LogP contribution in [-0.2, 0) is 9.59 Å². The molecule has 1 aromatic heterocycles. The van der Waals surface area contributed by atoms with Gasteiger partial charge in [0.05, 0.1) is 4.92 Å². The molecule has 142 valence electrons. The number of non-ortho nitro benzene ring substituents is 1. The third-order valence-electron chi connectivity index (χ3n) is 4.10. The van der Waals surface area contributed by atoms with Crippen molar-refractivity contribution >= 4 is 40.9 Å². The summed E-state index contributed by atoms with van der Waals surface area (Å²) in [4.78, 5) is 36.3. The number of nitro groups is 1. The van der Waals surface area contributed by atoms with Crippen molar-refractivity contribution < 1.29 is 18.9 Å². The summed E-state index contributed by atoms with van der Waals surface area (Å²) in [5, 5.41) is 13.3. The Balaban J connectivity index is 1.92. The summed E-state index contributed by atoms with van der Waals surface area (Å²) in [7, 11) is 0. The molecule has 3 rings (SSSR count). The van der Waals surface area contributed by atoms with E-state index in [-0.39, 0.29) is 28.7 Å². The highest BCUT2D eigenvalue weighted by molar-refractivity contribution is 7.80. The number of furan rings is 1. The van der Waals surface area contributed by atoms with Crippen molar-refractivity contribution in [3.8, 4) is 11.3 Å². The summed E-state index contributed by atoms with van der Waals surface area (Å²) < 4.78 is 5.72. The Morgan fingerprint density at radius 3 is 2.71 bits per heavy atom. The van der Waals surface area contributed by atoms with Crippen molar-refractivity contribution in [2.75, 3.05) is 6.54 Å². The standard InChI is InChI=1S/C19H15N3O5S/c1-3-8-21-18(24)15(17(23)20-19(21)28)10-13-5-7-16(27-13)14-6-4-12(22(25)26)9-11(14)2/h3-7,9-10H,1,8H2,2H3,(H,20,23,28)/b15-10+. The number of hydrogen-bond acceptors (Lipinski definition) is 6. The van der Waals surface area contributed by atoms with Gasteiger partial charge in [0.25, 0.3) is 17.5 Å². The van der Waals surface area contributed by atoms with Gasteiger partial charge in [-0.15, -0.1) is 6.58 Å². The van der Waals surface area contributed by atoms with Crippen LogP contribution in [0.5, 0.6) is 0 Å². The lowest BCUT2D eigenvalue weighted by Crippen LogP contribution is -2.53. The van der Waals surface area contributed by atoms with Crippen LogP contribution >= 0.6 is 12.2 Å². The maximum Gasteiger partial charge on any atom is 0.269 e. The van der Waals surface area contributed by atoms with E-state index >= 15 is 0 Å². The second-order valence-electron chi connectivity index (χ2n) is 5.98.